The fraction of sp³-hybridized carbons (Fsp3) is 0.231. The van der Waals surface area contributed by atoms with Crippen LogP contribution in [-0.4, -0.2) is 16.1 Å². The molecular weight excluding hydrogens is 273 g/mol. The van der Waals surface area contributed by atoms with Gasteiger partial charge in [-0.05, 0) is 19.1 Å². The zero-order valence-corrected chi connectivity index (χ0v) is 10.7. The number of alkyl halides is 3. The molecule has 0 bridgehead atoms. The van der Waals surface area contributed by atoms with Gasteiger partial charge in [-0.15, -0.1) is 0 Å². The van der Waals surface area contributed by atoms with Gasteiger partial charge in [0.15, 0.2) is 12.0 Å². The molecule has 0 saturated carbocycles. The minimum atomic E-state index is -4.71. The van der Waals surface area contributed by atoms with Crippen molar-refractivity contribution in [1.82, 2.24) is 9.78 Å². The first-order valence-electron chi connectivity index (χ1n) is 5.67. The van der Waals surface area contributed by atoms with Crippen molar-refractivity contribution < 1.29 is 22.7 Å². The van der Waals surface area contributed by atoms with E-state index >= 15 is 0 Å². The van der Waals surface area contributed by atoms with E-state index in [2.05, 4.69) is 5.10 Å². The molecule has 0 saturated heterocycles. The number of carbonyl (C=O) groups excluding carboxylic acids is 1. The summed E-state index contributed by atoms with van der Waals surface area (Å²) in [5.41, 5.74) is -0.883. The Morgan fingerprint density at radius 3 is 2.35 bits per heavy atom. The van der Waals surface area contributed by atoms with Gasteiger partial charge < -0.3 is 4.74 Å². The maximum absolute atomic E-state index is 12.7. The number of ether oxygens (including phenoxy) is 1. The van der Waals surface area contributed by atoms with E-state index in [1.807, 2.05) is 6.92 Å². The summed E-state index contributed by atoms with van der Waals surface area (Å²) in [6, 6.07) is 6.70. The van der Waals surface area contributed by atoms with Gasteiger partial charge in [0.25, 0.3) is 0 Å². The second-order valence-electron chi connectivity index (χ2n) is 4.22. The molecule has 0 radical (unpaired) electrons. The second-order valence-corrected chi connectivity index (χ2v) is 4.22. The molecule has 2 rings (SSSR count). The van der Waals surface area contributed by atoms with Crippen LogP contribution in [0.1, 0.15) is 21.6 Å². The van der Waals surface area contributed by atoms with Gasteiger partial charge in [0.1, 0.15) is 11.3 Å². The SMILES string of the molecule is Cc1ccc(Oc2c(C=O)c(C(F)(F)F)nn2C)cc1. The average molecular weight is 284 g/mol. The molecule has 0 fully saturated rings. The van der Waals surface area contributed by atoms with Gasteiger partial charge in [-0.1, -0.05) is 17.7 Å². The Labute approximate surface area is 112 Å². The molecule has 106 valence electrons. The third-order valence-electron chi connectivity index (χ3n) is 2.65. The molecule has 1 heterocycles. The van der Waals surface area contributed by atoms with Crippen LogP contribution in [0.5, 0.6) is 11.6 Å². The number of aryl methyl sites for hydroxylation is 2. The summed E-state index contributed by atoms with van der Waals surface area (Å²) in [6.07, 6.45) is -4.61. The maximum atomic E-state index is 12.7. The number of halogens is 3. The van der Waals surface area contributed by atoms with Gasteiger partial charge in [-0.25, -0.2) is 4.68 Å². The molecule has 0 amide bonds. The monoisotopic (exact) mass is 284 g/mol. The molecule has 0 aliphatic carbocycles. The van der Waals surface area contributed by atoms with Crippen LogP contribution < -0.4 is 4.74 Å². The Morgan fingerprint density at radius 2 is 1.85 bits per heavy atom. The van der Waals surface area contributed by atoms with Crippen molar-refractivity contribution in [3.8, 4) is 11.6 Å². The summed E-state index contributed by atoms with van der Waals surface area (Å²) in [7, 11) is 1.28. The highest BCUT2D eigenvalue weighted by atomic mass is 19.4. The molecule has 1 aromatic carbocycles. The first-order valence-corrected chi connectivity index (χ1v) is 5.67. The second kappa shape index (κ2) is 4.99. The predicted molar refractivity (Wildman–Crippen MR) is 64.9 cm³/mol. The van der Waals surface area contributed by atoms with Crippen LogP contribution in [-0.2, 0) is 13.2 Å². The van der Waals surface area contributed by atoms with Crippen LogP contribution in [0.3, 0.4) is 0 Å². The summed E-state index contributed by atoms with van der Waals surface area (Å²) in [6.45, 7) is 1.87. The number of nitrogens with zero attached hydrogens (tertiary/aromatic N) is 2. The van der Waals surface area contributed by atoms with Crippen molar-refractivity contribution in [3.05, 3.63) is 41.1 Å². The number of hydrogen-bond donors (Lipinski definition) is 0. The normalized spacial score (nSPS) is 11.4. The maximum Gasteiger partial charge on any atom is 0.436 e. The van der Waals surface area contributed by atoms with Gasteiger partial charge in [0, 0.05) is 7.05 Å². The number of hydrogen-bond acceptors (Lipinski definition) is 3. The summed E-state index contributed by atoms with van der Waals surface area (Å²) in [5, 5.41) is 3.30. The quantitative estimate of drug-likeness (QED) is 0.812. The summed E-state index contributed by atoms with van der Waals surface area (Å²) in [4.78, 5) is 10.9. The topological polar surface area (TPSA) is 44.1 Å². The lowest BCUT2D eigenvalue weighted by Gasteiger charge is -2.06. The van der Waals surface area contributed by atoms with E-state index in [1.54, 1.807) is 24.3 Å². The first kappa shape index (κ1) is 14.1. The van der Waals surface area contributed by atoms with Crippen molar-refractivity contribution in [3.63, 3.8) is 0 Å². The van der Waals surface area contributed by atoms with Gasteiger partial charge in [-0.3, -0.25) is 4.79 Å². The smallest absolute Gasteiger partial charge is 0.436 e. The zero-order chi connectivity index (χ0) is 14.9. The molecule has 1 aromatic heterocycles. The fourth-order valence-corrected chi connectivity index (χ4v) is 1.68. The highest BCUT2D eigenvalue weighted by molar-refractivity contribution is 5.80. The molecular formula is C13H11F3N2O2. The Kier molecular flexibility index (Phi) is 3.52. The Bertz CT molecular complexity index is 630. The van der Waals surface area contributed by atoms with Crippen LogP contribution in [0.25, 0.3) is 0 Å². The summed E-state index contributed by atoms with van der Waals surface area (Å²) >= 11 is 0. The fourth-order valence-electron chi connectivity index (χ4n) is 1.68. The van der Waals surface area contributed by atoms with E-state index in [1.165, 1.54) is 7.05 Å². The van der Waals surface area contributed by atoms with Crippen molar-refractivity contribution in [2.45, 2.75) is 13.1 Å². The highest BCUT2D eigenvalue weighted by Crippen LogP contribution is 2.35. The van der Waals surface area contributed by atoms with E-state index in [9.17, 15) is 18.0 Å². The summed E-state index contributed by atoms with van der Waals surface area (Å²) in [5.74, 6) is 0.0894. The Hall–Kier alpha value is -2.31. The molecule has 4 nitrogen and oxygen atoms in total. The van der Waals surface area contributed by atoms with Crippen molar-refractivity contribution in [2.24, 2.45) is 7.05 Å². The van der Waals surface area contributed by atoms with Crippen molar-refractivity contribution >= 4 is 6.29 Å². The molecule has 0 aliphatic heterocycles. The summed E-state index contributed by atoms with van der Waals surface area (Å²) < 4.78 is 44.4. The van der Waals surface area contributed by atoms with Gasteiger partial charge >= 0.3 is 6.18 Å². The molecule has 7 heteroatoms. The number of aldehydes is 1. The molecule has 2 aromatic rings. The molecule has 0 aliphatic rings. The lowest BCUT2D eigenvalue weighted by Crippen LogP contribution is -2.09. The lowest BCUT2D eigenvalue weighted by atomic mass is 10.2. The van der Waals surface area contributed by atoms with Gasteiger partial charge in [-0.2, -0.15) is 18.3 Å². The van der Waals surface area contributed by atoms with Crippen molar-refractivity contribution in [2.75, 3.05) is 0 Å². The van der Waals surface area contributed by atoms with Gasteiger partial charge in [0.2, 0.25) is 5.88 Å². The molecule has 20 heavy (non-hydrogen) atoms. The number of rotatable bonds is 3. The van der Waals surface area contributed by atoms with Crippen LogP contribution >= 0.6 is 0 Å². The highest BCUT2D eigenvalue weighted by Gasteiger charge is 2.39. The van der Waals surface area contributed by atoms with Crippen LogP contribution in [0.15, 0.2) is 24.3 Å². The van der Waals surface area contributed by atoms with E-state index in [-0.39, 0.29) is 12.2 Å². The minimum Gasteiger partial charge on any atom is -0.439 e. The third-order valence-corrected chi connectivity index (χ3v) is 2.65. The standard InChI is InChI=1S/C13H11F3N2O2/c1-8-3-5-9(6-4-8)20-12-10(7-19)11(13(14,15)16)17-18(12)2/h3-7H,1-2H3. The van der Waals surface area contributed by atoms with E-state index in [4.69, 9.17) is 4.74 Å². The van der Waals surface area contributed by atoms with Crippen molar-refractivity contribution in [1.29, 1.82) is 0 Å². The minimum absolute atomic E-state index is 0.0966. The zero-order valence-electron chi connectivity index (χ0n) is 10.7. The lowest BCUT2D eigenvalue weighted by molar-refractivity contribution is -0.141. The molecule has 0 unspecified atom stereocenters. The predicted octanol–water partition coefficient (Wildman–Crippen LogP) is 3.35. The van der Waals surface area contributed by atoms with E-state index in [0.717, 1.165) is 10.2 Å². The average Bonchev–Trinajstić information content (AvgIpc) is 2.69. The van der Waals surface area contributed by atoms with E-state index < -0.39 is 17.4 Å². The molecule has 0 N–H and O–H groups in total. The molecule has 0 spiro atoms. The Balaban J connectivity index is 2.44. The number of aromatic nitrogens is 2. The largest absolute Gasteiger partial charge is 0.439 e. The number of carbonyl (C=O) groups is 1. The van der Waals surface area contributed by atoms with Crippen LogP contribution in [0.2, 0.25) is 0 Å². The first-order chi connectivity index (χ1) is 9.32. The van der Waals surface area contributed by atoms with Crippen LogP contribution in [0, 0.1) is 6.92 Å². The Morgan fingerprint density at radius 1 is 1.25 bits per heavy atom. The van der Waals surface area contributed by atoms with Gasteiger partial charge in [0.05, 0.1) is 0 Å². The van der Waals surface area contributed by atoms with Crippen LogP contribution in [0.4, 0.5) is 13.2 Å². The molecule has 0 atom stereocenters. The number of benzene rings is 1. The third kappa shape index (κ3) is 2.66. The van der Waals surface area contributed by atoms with E-state index in [0.29, 0.717) is 5.75 Å².